The first kappa shape index (κ1) is 18.4. The van der Waals surface area contributed by atoms with Gasteiger partial charge in [0.2, 0.25) is 5.91 Å². The van der Waals surface area contributed by atoms with Crippen molar-refractivity contribution in [1.29, 1.82) is 0 Å². The summed E-state index contributed by atoms with van der Waals surface area (Å²) in [7, 11) is 1.63. The van der Waals surface area contributed by atoms with E-state index in [9.17, 15) is 4.79 Å². The van der Waals surface area contributed by atoms with Crippen LogP contribution in [0.5, 0.6) is 11.5 Å². The largest absolute Gasteiger partial charge is 0.496 e. The normalized spacial score (nSPS) is 10.3. The fourth-order valence-corrected chi connectivity index (χ4v) is 2.38. The number of carbonyl (C=O) groups is 1. The standard InChI is InChI=1S/C18H19Cl2NO3/c1-12-3-4-13(9-17(12)23-2)11-21-18(22)7-8-24-14-5-6-15(19)16(20)10-14/h3-6,9-10H,7-8,11H2,1-2H3,(H,21,22). The zero-order valence-electron chi connectivity index (χ0n) is 13.6. The molecule has 0 bridgehead atoms. The number of halogens is 2. The van der Waals surface area contributed by atoms with E-state index in [1.165, 1.54) is 0 Å². The quantitative estimate of drug-likeness (QED) is 0.788. The highest BCUT2D eigenvalue weighted by Gasteiger charge is 2.05. The summed E-state index contributed by atoms with van der Waals surface area (Å²) in [6, 6.07) is 10.8. The van der Waals surface area contributed by atoms with Gasteiger partial charge in [-0.05, 0) is 36.2 Å². The SMILES string of the molecule is COc1cc(CNC(=O)CCOc2ccc(Cl)c(Cl)c2)ccc1C. The summed E-state index contributed by atoms with van der Waals surface area (Å²) in [5.41, 5.74) is 2.04. The molecule has 1 N–H and O–H groups in total. The average Bonchev–Trinajstić information content (AvgIpc) is 2.57. The van der Waals surface area contributed by atoms with E-state index < -0.39 is 0 Å². The average molecular weight is 368 g/mol. The molecule has 2 aromatic carbocycles. The van der Waals surface area contributed by atoms with E-state index in [1.54, 1.807) is 25.3 Å². The molecule has 2 aromatic rings. The van der Waals surface area contributed by atoms with Gasteiger partial charge in [-0.25, -0.2) is 0 Å². The molecule has 2 rings (SSSR count). The summed E-state index contributed by atoms with van der Waals surface area (Å²) in [6.07, 6.45) is 0.253. The highest BCUT2D eigenvalue weighted by atomic mass is 35.5. The molecule has 0 aliphatic rings. The molecular weight excluding hydrogens is 349 g/mol. The number of hydrogen-bond acceptors (Lipinski definition) is 3. The van der Waals surface area contributed by atoms with Crippen molar-refractivity contribution in [2.24, 2.45) is 0 Å². The third-order valence-electron chi connectivity index (χ3n) is 3.45. The van der Waals surface area contributed by atoms with Crippen LogP contribution in [-0.4, -0.2) is 19.6 Å². The predicted octanol–water partition coefficient (Wildman–Crippen LogP) is 4.40. The van der Waals surface area contributed by atoms with Crippen molar-refractivity contribution in [2.45, 2.75) is 19.9 Å². The van der Waals surface area contributed by atoms with Gasteiger partial charge in [0, 0.05) is 12.6 Å². The second-order valence-electron chi connectivity index (χ2n) is 5.26. The maximum atomic E-state index is 11.9. The van der Waals surface area contributed by atoms with E-state index in [0.29, 0.717) is 22.3 Å². The van der Waals surface area contributed by atoms with E-state index in [2.05, 4.69) is 5.32 Å². The third-order valence-corrected chi connectivity index (χ3v) is 4.19. The molecule has 6 heteroatoms. The maximum absolute atomic E-state index is 11.9. The van der Waals surface area contributed by atoms with Gasteiger partial charge in [-0.1, -0.05) is 35.3 Å². The molecule has 1 amide bonds. The van der Waals surface area contributed by atoms with Crippen molar-refractivity contribution in [3.8, 4) is 11.5 Å². The molecule has 0 atom stereocenters. The lowest BCUT2D eigenvalue weighted by Gasteiger charge is -2.10. The lowest BCUT2D eigenvalue weighted by molar-refractivity contribution is -0.121. The topological polar surface area (TPSA) is 47.6 Å². The summed E-state index contributed by atoms with van der Waals surface area (Å²) in [4.78, 5) is 11.9. The predicted molar refractivity (Wildman–Crippen MR) is 96.2 cm³/mol. The van der Waals surface area contributed by atoms with Gasteiger partial charge in [0.15, 0.2) is 0 Å². The minimum absolute atomic E-state index is 0.0883. The highest BCUT2D eigenvalue weighted by Crippen LogP contribution is 2.26. The number of amides is 1. The first-order chi connectivity index (χ1) is 11.5. The number of methoxy groups -OCH3 is 1. The molecule has 128 valence electrons. The monoisotopic (exact) mass is 367 g/mol. The molecule has 0 fully saturated rings. The Bertz CT molecular complexity index is 719. The molecule has 0 aliphatic carbocycles. The van der Waals surface area contributed by atoms with Crippen molar-refractivity contribution in [3.05, 3.63) is 57.6 Å². The summed E-state index contributed by atoms with van der Waals surface area (Å²) < 4.78 is 10.8. The second kappa shape index (κ2) is 8.81. The van der Waals surface area contributed by atoms with Crippen LogP contribution in [0.4, 0.5) is 0 Å². The Morgan fingerprint density at radius 2 is 1.92 bits per heavy atom. The molecule has 0 heterocycles. The van der Waals surface area contributed by atoms with Gasteiger partial charge < -0.3 is 14.8 Å². The zero-order chi connectivity index (χ0) is 17.5. The molecule has 0 spiro atoms. The van der Waals surface area contributed by atoms with E-state index >= 15 is 0 Å². The zero-order valence-corrected chi connectivity index (χ0v) is 15.1. The van der Waals surface area contributed by atoms with E-state index in [1.807, 2.05) is 25.1 Å². The van der Waals surface area contributed by atoms with Crippen LogP contribution in [0.3, 0.4) is 0 Å². The first-order valence-corrected chi connectivity index (χ1v) is 8.23. The van der Waals surface area contributed by atoms with Crippen LogP contribution in [-0.2, 0) is 11.3 Å². The van der Waals surface area contributed by atoms with E-state index in [-0.39, 0.29) is 18.9 Å². The number of benzene rings is 2. The Morgan fingerprint density at radius 1 is 1.12 bits per heavy atom. The molecule has 0 radical (unpaired) electrons. The summed E-state index contributed by atoms with van der Waals surface area (Å²) in [5, 5.41) is 3.75. The summed E-state index contributed by atoms with van der Waals surface area (Å²) in [5.74, 6) is 1.31. The molecule has 24 heavy (non-hydrogen) atoms. The fourth-order valence-electron chi connectivity index (χ4n) is 2.09. The Balaban J connectivity index is 1.76. The minimum Gasteiger partial charge on any atom is -0.496 e. The summed E-state index contributed by atoms with van der Waals surface area (Å²) >= 11 is 11.7. The Labute approximate surface area is 151 Å². The number of nitrogens with one attached hydrogen (secondary N) is 1. The smallest absolute Gasteiger partial charge is 0.223 e. The van der Waals surface area contributed by atoms with Gasteiger partial charge in [-0.3, -0.25) is 4.79 Å². The van der Waals surface area contributed by atoms with Gasteiger partial charge in [-0.2, -0.15) is 0 Å². The Kier molecular flexibility index (Phi) is 6.76. The van der Waals surface area contributed by atoms with E-state index in [0.717, 1.165) is 16.9 Å². The molecular formula is C18H19Cl2NO3. The number of aryl methyl sites for hydroxylation is 1. The molecule has 0 saturated heterocycles. The summed E-state index contributed by atoms with van der Waals surface area (Å²) in [6.45, 7) is 2.69. The Hall–Kier alpha value is -1.91. The van der Waals surface area contributed by atoms with Crippen molar-refractivity contribution in [3.63, 3.8) is 0 Å². The van der Waals surface area contributed by atoms with Gasteiger partial charge >= 0.3 is 0 Å². The lowest BCUT2D eigenvalue weighted by Crippen LogP contribution is -2.24. The van der Waals surface area contributed by atoms with Crippen LogP contribution in [0.25, 0.3) is 0 Å². The fraction of sp³-hybridized carbons (Fsp3) is 0.278. The molecule has 4 nitrogen and oxygen atoms in total. The van der Waals surface area contributed by atoms with Crippen LogP contribution in [0, 0.1) is 6.92 Å². The minimum atomic E-state index is -0.0883. The third kappa shape index (κ3) is 5.32. The molecule has 0 saturated carbocycles. The van der Waals surface area contributed by atoms with Crippen LogP contribution in [0.1, 0.15) is 17.5 Å². The molecule has 0 unspecified atom stereocenters. The molecule has 0 aromatic heterocycles. The van der Waals surface area contributed by atoms with Crippen LogP contribution >= 0.6 is 23.2 Å². The molecule has 0 aliphatic heterocycles. The Morgan fingerprint density at radius 3 is 2.62 bits per heavy atom. The van der Waals surface area contributed by atoms with Crippen LogP contribution in [0.15, 0.2) is 36.4 Å². The van der Waals surface area contributed by atoms with Crippen molar-refractivity contribution in [2.75, 3.05) is 13.7 Å². The van der Waals surface area contributed by atoms with Crippen LogP contribution in [0.2, 0.25) is 10.0 Å². The van der Waals surface area contributed by atoms with E-state index in [4.69, 9.17) is 32.7 Å². The number of hydrogen-bond donors (Lipinski definition) is 1. The number of carbonyl (C=O) groups excluding carboxylic acids is 1. The van der Waals surface area contributed by atoms with Gasteiger partial charge in [0.25, 0.3) is 0 Å². The second-order valence-corrected chi connectivity index (χ2v) is 6.07. The highest BCUT2D eigenvalue weighted by molar-refractivity contribution is 6.42. The van der Waals surface area contributed by atoms with Crippen LogP contribution < -0.4 is 14.8 Å². The number of rotatable bonds is 7. The lowest BCUT2D eigenvalue weighted by atomic mass is 10.1. The maximum Gasteiger partial charge on any atom is 0.223 e. The number of ether oxygens (including phenoxy) is 2. The van der Waals surface area contributed by atoms with Crippen molar-refractivity contribution < 1.29 is 14.3 Å². The van der Waals surface area contributed by atoms with Gasteiger partial charge in [0.1, 0.15) is 11.5 Å². The van der Waals surface area contributed by atoms with Gasteiger partial charge in [0.05, 0.1) is 30.2 Å². The first-order valence-electron chi connectivity index (χ1n) is 7.47. The van der Waals surface area contributed by atoms with Gasteiger partial charge in [-0.15, -0.1) is 0 Å². The van der Waals surface area contributed by atoms with Crippen molar-refractivity contribution >= 4 is 29.1 Å². The van der Waals surface area contributed by atoms with Crippen molar-refractivity contribution in [1.82, 2.24) is 5.32 Å².